The SMILES string of the molecule is COc1ccc(C(O)c2ccc(Br)cc2Cl)c(F)c1. The Morgan fingerprint density at radius 1 is 1.21 bits per heavy atom. The molecule has 1 N–H and O–H groups in total. The summed E-state index contributed by atoms with van der Waals surface area (Å²) in [4.78, 5) is 0. The van der Waals surface area contributed by atoms with E-state index in [1.54, 1.807) is 24.3 Å². The van der Waals surface area contributed by atoms with E-state index in [-0.39, 0.29) is 5.56 Å². The molecule has 0 aliphatic heterocycles. The van der Waals surface area contributed by atoms with Gasteiger partial charge in [-0.15, -0.1) is 0 Å². The van der Waals surface area contributed by atoms with Crippen molar-refractivity contribution >= 4 is 27.5 Å². The number of rotatable bonds is 3. The minimum Gasteiger partial charge on any atom is -0.497 e. The smallest absolute Gasteiger partial charge is 0.133 e. The molecule has 2 aromatic rings. The molecule has 0 aliphatic rings. The summed E-state index contributed by atoms with van der Waals surface area (Å²) in [6, 6.07) is 9.35. The third-order valence-corrected chi connectivity index (χ3v) is 3.58. The molecular weight excluding hydrogens is 335 g/mol. The van der Waals surface area contributed by atoms with Gasteiger partial charge in [0.05, 0.1) is 7.11 Å². The van der Waals surface area contributed by atoms with Gasteiger partial charge in [0.25, 0.3) is 0 Å². The predicted molar refractivity (Wildman–Crippen MR) is 76.2 cm³/mol. The van der Waals surface area contributed by atoms with E-state index in [0.717, 1.165) is 4.47 Å². The first kappa shape index (κ1) is 14.3. The first-order chi connectivity index (χ1) is 9.02. The molecule has 0 bridgehead atoms. The summed E-state index contributed by atoms with van der Waals surface area (Å²) in [5.74, 6) is -0.138. The fourth-order valence-corrected chi connectivity index (χ4v) is 2.52. The number of ether oxygens (including phenoxy) is 1. The molecule has 19 heavy (non-hydrogen) atoms. The summed E-state index contributed by atoms with van der Waals surface area (Å²) < 4.78 is 19.6. The second-order valence-electron chi connectivity index (χ2n) is 3.96. The minimum atomic E-state index is -1.12. The maximum Gasteiger partial charge on any atom is 0.133 e. The van der Waals surface area contributed by atoms with E-state index < -0.39 is 11.9 Å². The van der Waals surface area contributed by atoms with E-state index in [1.807, 2.05) is 0 Å². The predicted octanol–water partition coefficient (Wildman–Crippen LogP) is 4.33. The summed E-state index contributed by atoms with van der Waals surface area (Å²) in [6.45, 7) is 0. The molecule has 2 rings (SSSR count). The summed E-state index contributed by atoms with van der Waals surface area (Å²) in [5.41, 5.74) is 0.610. The number of hydrogen-bond donors (Lipinski definition) is 1. The molecular formula is C14H11BrClFO2. The standard InChI is InChI=1S/C14H11BrClFO2/c1-19-9-3-5-11(13(17)7-9)14(18)10-4-2-8(15)6-12(10)16/h2-7,14,18H,1H3. The minimum absolute atomic E-state index is 0.157. The van der Waals surface area contributed by atoms with Crippen LogP contribution >= 0.6 is 27.5 Å². The average molecular weight is 346 g/mol. The molecule has 1 atom stereocenters. The summed E-state index contributed by atoms with van der Waals surface area (Å²) in [5, 5.41) is 10.6. The molecule has 0 radical (unpaired) electrons. The van der Waals surface area contributed by atoms with Crippen LogP contribution in [0.1, 0.15) is 17.2 Å². The van der Waals surface area contributed by atoms with Crippen LogP contribution in [0.25, 0.3) is 0 Å². The Morgan fingerprint density at radius 2 is 1.89 bits per heavy atom. The van der Waals surface area contributed by atoms with Gasteiger partial charge < -0.3 is 9.84 Å². The van der Waals surface area contributed by atoms with Crippen molar-refractivity contribution in [2.24, 2.45) is 0 Å². The van der Waals surface area contributed by atoms with E-state index >= 15 is 0 Å². The van der Waals surface area contributed by atoms with Crippen molar-refractivity contribution in [3.8, 4) is 5.75 Å². The quantitative estimate of drug-likeness (QED) is 0.897. The largest absolute Gasteiger partial charge is 0.497 e. The number of aliphatic hydroxyl groups excluding tert-OH is 1. The number of methoxy groups -OCH3 is 1. The Balaban J connectivity index is 2.41. The third kappa shape index (κ3) is 3.08. The molecule has 2 nitrogen and oxygen atoms in total. The van der Waals surface area contributed by atoms with Gasteiger partial charge in [-0.25, -0.2) is 4.39 Å². The zero-order chi connectivity index (χ0) is 14.0. The maximum atomic E-state index is 13.9. The van der Waals surface area contributed by atoms with Gasteiger partial charge in [0.15, 0.2) is 0 Å². The van der Waals surface area contributed by atoms with Gasteiger partial charge in [-0.1, -0.05) is 33.6 Å². The monoisotopic (exact) mass is 344 g/mol. The highest BCUT2D eigenvalue weighted by atomic mass is 79.9. The molecule has 0 amide bonds. The zero-order valence-corrected chi connectivity index (χ0v) is 12.4. The van der Waals surface area contributed by atoms with Crippen LogP contribution in [-0.2, 0) is 0 Å². The Morgan fingerprint density at radius 3 is 2.47 bits per heavy atom. The Bertz CT molecular complexity index is 604. The number of halogens is 3. The summed E-state index contributed by atoms with van der Waals surface area (Å²) in [6.07, 6.45) is -1.12. The molecule has 0 spiro atoms. The lowest BCUT2D eigenvalue weighted by Crippen LogP contribution is -2.03. The van der Waals surface area contributed by atoms with Gasteiger partial charge >= 0.3 is 0 Å². The first-order valence-electron chi connectivity index (χ1n) is 5.49. The second-order valence-corrected chi connectivity index (χ2v) is 5.28. The Kier molecular flexibility index (Phi) is 4.45. The molecule has 100 valence electrons. The molecule has 0 fully saturated rings. The van der Waals surface area contributed by atoms with Crippen LogP contribution < -0.4 is 4.74 Å². The van der Waals surface area contributed by atoms with Crippen LogP contribution in [0.4, 0.5) is 4.39 Å². The molecule has 5 heteroatoms. The lowest BCUT2D eigenvalue weighted by molar-refractivity contribution is 0.215. The topological polar surface area (TPSA) is 29.5 Å². The molecule has 0 aliphatic carbocycles. The highest BCUT2D eigenvalue weighted by molar-refractivity contribution is 9.10. The van der Waals surface area contributed by atoms with Crippen LogP contribution in [0.3, 0.4) is 0 Å². The van der Waals surface area contributed by atoms with E-state index in [9.17, 15) is 9.50 Å². The molecule has 2 aromatic carbocycles. The van der Waals surface area contributed by atoms with Crippen molar-refractivity contribution in [3.05, 3.63) is 62.8 Å². The summed E-state index contributed by atoms with van der Waals surface area (Å²) >= 11 is 9.33. The van der Waals surface area contributed by atoms with Crippen molar-refractivity contribution in [2.75, 3.05) is 7.11 Å². The Labute approximate surface area is 123 Å². The average Bonchev–Trinajstić information content (AvgIpc) is 2.37. The van der Waals surface area contributed by atoms with E-state index in [1.165, 1.54) is 19.2 Å². The van der Waals surface area contributed by atoms with Gasteiger partial charge in [-0.05, 0) is 24.3 Å². The highest BCUT2D eigenvalue weighted by Gasteiger charge is 2.18. The third-order valence-electron chi connectivity index (χ3n) is 2.76. The molecule has 0 heterocycles. The fourth-order valence-electron chi connectivity index (χ4n) is 1.75. The van der Waals surface area contributed by atoms with Crippen molar-refractivity contribution < 1.29 is 14.2 Å². The lowest BCUT2D eigenvalue weighted by Gasteiger charge is -2.15. The van der Waals surface area contributed by atoms with E-state index in [0.29, 0.717) is 16.3 Å². The van der Waals surface area contributed by atoms with Crippen molar-refractivity contribution in [1.29, 1.82) is 0 Å². The van der Waals surface area contributed by atoms with E-state index in [4.69, 9.17) is 16.3 Å². The number of aliphatic hydroxyl groups is 1. The van der Waals surface area contributed by atoms with Crippen LogP contribution in [0.2, 0.25) is 5.02 Å². The van der Waals surface area contributed by atoms with Crippen molar-refractivity contribution in [1.82, 2.24) is 0 Å². The summed E-state index contributed by atoms with van der Waals surface area (Å²) in [7, 11) is 1.45. The van der Waals surface area contributed by atoms with Gasteiger partial charge in [-0.2, -0.15) is 0 Å². The van der Waals surface area contributed by atoms with E-state index in [2.05, 4.69) is 15.9 Å². The first-order valence-corrected chi connectivity index (χ1v) is 6.66. The van der Waals surface area contributed by atoms with Crippen molar-refractivity contribution in [3.63, 3.8) is 0 Å². The Hall–Kier alpha value is -1.10. The van der Waals surface area contributed by atoms with Gasteiger partial charge in [0.1, 0.15) is 17.7 Å². The van der Waals surface area contributed by atoms with Gasteiger partial charge in [-0.3, -0.25) is 0 Å². The maximum absolute atomic E-state index is 13.9. The second kappa shape index (κ2) is 5.90. The van der Waals surface area contributed by atoms with Crippen LogP contribution in [0, 0.1) is 5.82 Å². The molecule has 0 saturated heterocycles. The van der Waals surface area contributed by atoms with Gasteiger partial charge in [0, 0.05) is 26.7 Å². The molecule has 0 aromatic heterocycles. The normalized spacial score (nSPS) is 12.3. The van der Waals surface area contributed by atoms with Gasteiger partial charge in [0.2, 0.25) is 0 Å². The number of hydrogen-bond acceptors (Lipinski definition) is 2. The van der Waals surface area contributed by atoms with Crippen LogP contribution in [0.5, 0.6) is 5.75 Å². The fraction of sp³-hybridized carbons (Fsp3) is 0.143. The number of benzene rings is 2. The van der Waals surface area contributed by atoms with Crippen molar-refractivity contribution in [2.45, 2.75) is 6.10 Å². The molecule has 1 unspecified atom stereocenters. The van der Waals surface area contributed by atoms with Crippen LogP contribution in [0.15, 0.2) is 40.9 Å². The highest BCUT2D eigenvalue weighted by Crippen LogP contribution is 2.32. The van der Waals surface area contributed by atoms with Crippen LogP contribution in [-0.4, -0.2) is 12.2 Å². The zero-order valence-electron chi connectivity index (χ0n) is 10.0. The molecule has 0 saturated carbocycles. The lowest BCUT2D eigenvalue weighted by atomic mass is 10.0.